The number of benzene rings is 1. The number of thiazole rings is 1. The van der Waals surface area contributed by atoms with Gasteiger partial charge in [0.2, 0.25) is 0 Å². The molecular formula is C14H16F2N2S. The Labute approximate surface area is 115 Å². The van der Waals surface area contributed by atoms with Crippen molar-refractivity contribution in [3.8, 4) is 0 Å². The third kappa shape index (κ3) is 2.98. The molecule has 0 aliphatic heterocycles. The first-order valence-corrected chi connectivity index (χ1v) is 6.98. The highest BCUT2D eigenvalue weighted by Crippen LogP contribution is 2.26. The molecule has 0 saturated carbocycles. The topological polar surface area (TPSA) is 24.9 Å². The summed E-state index contributed by atoms with van der Waals surface area (Å²) in [6.07, 6.45) is 0. The van der Waals surface area contributed by atoms with Crippen LogP contribution in [0.3, 0.4) is 0 Å². The van der Waals surface area contributed by atoms with Gasteiger partial charge in [-0.05, 0) is 32.9 Å². The number of aryl methyl sites for hydroxylation is 1. The van der Waals surface area contributed by atoms with Crippen molar-refractivity contribution in [2.24, 2.45) is 0 Å². The summed E-state index contributed by atoms with van der Waals surface area (Å²) >= 11 is 1.54. The van der Waals surface area contributed by atoms with Gasteiger partial charge in [-0.2, -0.15) is 0 Å². The Morgan fingerprint density at radius 3 is 2.32 bits per heavy atom. The van der Waals surface area contributed by atoms with Crippen LogP contribution in [-0.4, -0.2) is 4.98 Å². The maximum Gasteiger partial charge on any atom is 0.130 e. The Kier molecular flexibility index (Phi) is 4.27. The Morgan fingerprint density at radius 2 is 1.79 bits per heavy atom. The Morgan fingerprint density at radius 1 is 1.16 bits per heavy atom. The minimum absolute atomic E-state index is 0.00139. The highest BCUT2D eigenvalue weighted by Gasteiger charge is 2.19. The third-order valence-corrected chi connectivity index (χ3v) is 4.22. The molecule has 0 radical (unpaired) electrons. The van der Waals surface area contributed by atoms with Gasteiger partial charge in [0.05, 0.1) is 11.2 Å². The fraction of sp³-hybridized carbons (Fsp3) is 0.357. The van der Waals surface area contributed by atoms with Crippen molar-refractivity contribution < 1.29 is 8.78 Å². The van der Waals surface area contributed by atoms with E-state index in [1.807, 2.05) is 13.8 Å². The molecule has 1 N–H and O–H groups in total. The van der Waals surface area contributed by atoms with Gasteiger partial charge in [0.25, 0.3) is 0 Å². The summed E-state index contributed by atoms with van der Waals surface area (Å²) in [6, 6.07) is 3.52. The second-order valence-electron chi connectivity index (χ2n) is 4.55. The van der Waals surface area contributed by atoms with E-state index in [0.29, 0.717) is 0 Å². The Balaban J connectivity index is 2.18. The fourth-order valence-electron chi connectivity index (χ4n) is 2.18. The number of hydrogen-bond acceptors (Lipinski definition) is 3. The molecule has 2 rings (SSSR count). The number of rotatable bonds is 4. The van der Waals surface area contributed by atoms with E-state index in [1.165, 1.54) is 18.2 Å². The van der Waals surface area contributed by atoms with Crippen LogP contribution >= 0.6 is 11.3 Å². The molecule has 0 amide bonds. The average molecular weight is 282 g/mol. The first-order valence-electron chi connectivity index (χ1n) is 6.10. The zero-order valence-corrected chi connectivity index (χ0v) is 11.9. The van der Waals surface area contributed by atoms with Crippen molar-refractivity contribution in [1.29, 1.82) is 0 Å². The highest BCUT2D eigenvalue weighted by atomic mass is 32.1. The van der Waals surface area contributed by atoms with Gasteiger partial charge in [-0.1, -0.05) is 6.07 Å². The van der Waals surface area contributed by atoms with Crippen LogP contribution in [0, 0.1) is 18.6 Å². The second kappa shape index (κ2) is 5.75. The molecule has 2 aromatic rings. The number of nitrogens with one attached hydrogen (secondary N) is 1. The van der Waals surface area contributed by atoms with Crippen LogP contribution in [0.2, 0.25) is 0 Å². The molecule has 1 heterocycles. The zero-order chi connectivity index (χ0) is 14.0. The van der Waals surface area contributed by atoms with Crippen LogP contribution < -0.4 is 5.32 Å². The van der Waals surface area contributed by atoms with E-state index in [4.69, 9.17) is 0 Å². The monoisotopic (exact) mass is 282 g/mol. The summed E-state index contributed by atoms with van der Waals surface area (Å²) in [5, 5.41) is 3.21. The lowest BCUT2D eigenvalue weighted by molar-refractivity contribution is 0.452. The fourth-order valence-corrected chi connectivity index (χ4v) is 3.00. The molecule has 1 aromatic heterocycles. The van der Waals surface area contributed by atoms with Gasteiger partial charge in [0.15, 0.2) is 0 Å². The van der Waals surface area contributed by atoms with E-state index in [1.54, 1.807) is 23.8 Å². The summed E-state index contributed by atoms with van der Waals surface area (Å²) in [5.74, 6) is -1.04. The third-order valence-electron chi connectivity index (χ3n) is 3.11. The van der Waals surface area contributed by atoms with Gasteiger partial charge in [0.1, 0.15) is 11.6 Å². The molecule has 102 valence electrons. The highest BCUT2D eigenvalue weighted by molar-refractivity contribution is 7.09. The molecular weight excluding hydrogens is 266 g/mol. The van der Waals surface area contributed by atoms with Gasteiger partial charge >= 0.3 is 0 Å². The van der Waals surface area contributed by atoms with Crippen LogP contribution in [0.15, 0.2) is 23.7 Å². The first-order chi connectivity index (χ1) is 9.00. The lowest BCUT2D eigenvalue weighted by Crippen LogP contribution is -2.24. The lowest BCUT2D eigenvalue weighted by atomic mass is 10.1. The Hall–Kier alpha value is -1.33. The summed E-state index contributed by atoms with van der Waals surface area (Å²) in [5.41, 5.74) is 2.81. The molecule has 0 aliphatic carbocycles. The van der Waals surface area contributed by atoms with Crippen molar-refractivity contribution >= 4 is 11.3 Å². The molecule has 0 spiro atoms. The van der Waals surface area contributed by atoms with Crippen LogP contribution in [0.5, 0.6) is 0 Å². The zero-order valence-electron chi connectivity index (χ0n) is 11.1. The van der Waals surface area contributed by atoms with Crippen molar-refractivity contribution in [2.75, 3.05) is 0 Å². The average Bonchev–Trinajstić information content (AvgIpc) is 2.75. The molecule has 0 aliphatic rings. The quantitative estimate of drug-likeness (QED) is 0.911. The molecule has 0 saturated heterocycles. The molecule has 0 fully saturated rings. The maximum absolute atomic E-state index is 13.7. The SMILES string of the molecule is Cc1ncsc1C(C)NC(C)c1c(F)cccc1F. The van der Waals surface area contributed by atoms with Crippen LogP contribution in [0.4, 0.5) is 8.78 Å². The lowest BCUT2D eigenvalue weighted by Gasteiger charge is -2.20. The number of halogens is 2. The van der Waals surface area contributed by atoms with Gasteiger partial charge < -0.3 is 5.32 Å². The molecule has 19 heavy (non-hydrogen) atoms. The van der Waals surface area contributed by atoms with Crippen molar-refractivity contribution in [2.45, 2.75) is 32.9 Å². The van der Waals surface area contributed by atoms with E-state index >= 15 is 0 Å². The minimum atomic E-state index is -0.520. The van der Waals surface area contributed by atoms with Crippen molar-refractivity contribution in [3.05, 3.63) is 51.5 Å². The predicted octanol–water partition coefficient (Wildman–Crippen LogP) is 4.14. The largest absolute Gasteiger partial charge is 0.303 e. The van der Waals surface area contributed by atoms with E-state index < -0.39 is 17.7 Å². The van der Waals surface area contributed by atoms with Crippen LogP contribution in [0.1, 0.15) is 42.1 Å². The second-order valence-corrected chi connectivity index (χ2v) is 5.43. The Bertz CT molecular complexity index is 548. The number of nitrogens with zero attached hydrogens (tertiary/aromatic N) is 1. The van der Waals surface area contributed by atoms with Crippen LogP contribution in [0.25, 0.3) is 0 Å². The van der Waals surface area contributed by atoms with Gasteiger partial charge in [-0.25, -0.2) is 13.8 Å². The van der Waals surface area contributed by atoms with E-state index in [9.17, 15) is 8.78 Å². The first kappa shape index (κ1) is 14.1. The molecule has 0 bridgehead atoms. The molecule has 5 heteroatoms. The summed E-state index contributed by atoms with van der Waals surface area (Å²) in [4.78, 5) is 5.27. The number of hydrogen-bond donors (Lipinski definition) is 1. The van der Waals surface area contributed by atoms with Gasteiger partial charge in [-0.3, -0.25) is 0 Å². The van der Waals surface area contributed by atoms with Crippen molar-refractivity contribution in [1.82, 2.24) is 10.3 Å². The molecule has 2 nitrogen and oxygen atoms in total. The summed E-state index contributed by atoms with van der Waals surface area (Å²) in [6.45, 7) is 5.66. The predicted molar refractivity (Wildman–Crippen MR) is 73.2 cm³/mol. The normalized spacial score (nSPS) is 14.4. The summed E-state index contributed by atoms with van der Waals surface area (Å²) < 4.78 is 27.4. The van der Waals surface area contributed by atoms with E-state index in [0.717, 1.165) is 10.6 Å². The minimum Gasteiger partial charge on any atom is -0.303 e. The van der Waals surface area contributed by atoms with E-state index in [2.05, 4.69) is 10.3 Å². The van der Waals surface area contributed by atoms with Gasteiger partial charge in [-0.15, -0.1) is 11.3 Å². The molecule has 1 aromatic carbocycles. The standard InChI is InChI=1S/C14H16F2N2S/c1-8(13-11(15)5-4-6-12(13)16)18-10(3)14-9(2)17-7-19-14/h4-8,10,18H,1-3H3. The van der Waals surface area contributed by atoms with Gasteiger partial charge in [0, 0.05) is 22.5 Å². The molecule has 2 atom stereocenters. The summed E-state index contributed by atoms with van der Waals surface area (Å²) in [7, 11) is 0. The van der Waals surface area contributed by atoms with Crippen molar-refractivity contribution in [3.63, 3.8) is 0 Å². The maximum atomic E-state index is 13.7. The smallest absolute Gasteiger partial charge is 0.130 e. The number of aromatic nitrogens is 1. The molecule has 2 unspecified atom stereocenters. The van der Waals surface area contributed by atoms with Crippen LogP contribution in [-0.2, 0) is 0 Å². The van der Waals surface area contributed by atoms with E-state index in [-0.39, 0.29) is 11.6 Å².